The van der Waals surface area contributed by atoms with E-state index < -0.39 is 0 Å². The summed E-state index contributed by atoms with van der Waals surface area (Å²) in [6, 6.07) is 3.25. The number of carbonyl (C=O) groups excluding carboxylic acids is 2. The smallest absolute Gasteiger partial charge is 0.269 e. The third-order valence-electron chi connectivity index (χ3n) is 5.96. The fourth-order valence-electron chi connectivity index (χ4n) is 5.59. The summed E-state index contributed by atoms with van der Waals surface area (Å²) in [6.07, 6.45) is 11.4. The van der Waals surface area contributed by atoms with Gasteiger partial charge in [0.1, 0.15) is 0 Å². The first kappa shape index (κ1) is 14.7. The highest BCUT2D eigenvalue weighted by molar-refractivity contribution is 5.95. The highest BCUT2D eigenvalue weighted by Crippen LogP contribution is 2.61. The lowest BCUT2D eigenvalue weighted by atomic mass is 9.49. The molecule has 5 heteroatoms. The van der Waals surface area contributed by atoms with Gasteiger partial charge >= 0.3 is 0 Å². The quantitative estimate of drug-likeness (QED) is 0.842. The van der Waals surface area contributed by atoms with Crippen LogP contribution in [0, 0.1) is 23.2 Å². The molecule has 122 valence electrons. The Bertz CT molecular complexity index is 579. The molecule has 0 radical (unpaired) electrons. The number of aromatic nitrogens is 1. The SMILES string of the molecule is O=C(CC12CC3CC(CC(C3)C1)C2)NNC(=O)c1ccncc1. The van der Waals surface area contributed by atoms with Crippen LogP contribution < -0.4 is 10.9 Å². The second-order valence-electron chi connectivity index (χ2n) is 7.83. The Hall–Kier alpha value is -1.91. The van der Waals surface area contributed by atoms with Crippen molar-refractivity contribution in [3.8, 4) is 0 Å². The van der Waals surface area contributed by atoms with Crippen LogP contribution in [0.3, 0.4) is 0 Å². The van der Waals surface area contributed by atoms with Gasteiger partial charge in [0.25, 0.3) is 5.91 Å². The van der Waals surface area contributed by atoms with E-state index in [0.717, 1.165) is 17.8 Å². The van der Waals surface area contributed by atoms with E-state index in [2.05, 4.69) is 15.8 Å². The molecule has 4 saturated carbocycles. The van der Waals surface area contributed by atoms with Crippen LogP contribution in [0.15, 0.2) is 24.5 Å². The van der Waals surface area contributed by atoms with E-state index in [9.17, 15) is 9.59 Å². The number of hydrazine groups is 1. The largest absolute Gasteiger partial charge is 0.273 e. The molecule has 4 fully saturated rings. The van der Waals surface area contributed by atoms with E-state index >= 15 is 0 Å². The van der Waals surface area contributed by atoms with E-state index in [1.807, 2.05) is 0 Å². The van der Waals surface area contributed by atoms with Crippen LogP contribution in [0.25, 0.3) is 0 Å². The van der Waals surface area contributed by atoms with Crippen molar-refractivity contribution in [3.05, 3.63) is 30.1 Å². The van der Waals surface area contributed by atoms with Gasteiger partial charge in [0.05, 0.1) is 0 Å². The number of hydrogen-bond donors (Lipinski definition) is 2. The van der Waals surface area contributed by atoms with Crippen molar-refractivity contribution in [2.75, 3.05) is 0 Å². The highest BCUT2D eigenvalue weighted by atomic mass is 16.2. The highest BCUT2D eigenvalue weighted by Gasteiger charge is 2.51. The number of hydrogen-bond acceptors (Lipinski definition) is 3. The van der Waals surface area contributed by atoms with Gasteiger partial charge in [0.2, 0.25) is 5.91 Å². The lowest BCUT2D eigenvalue weighted by Gasteiger charge is -2.56. The van der Waals surface area contributed by atoms with Crippen LogP contribution in [0.2, 0.25) is 0 Å². The Morgan fingerprint density at radius 3 is 2.13 bits per heavy atom. The number of pyridine rings is 1. The Labute approximate surface area is 136 Å². The summed E-state index contributed by atoms with van der Waals surface area (Å²) in [6.45, 7) is 0. The van der Waals surface area contributed by atoms with Crippen molar-refractivity contribution in [2.45, 2.75) is 44.9 Å². The number of carbonyl (C=O) groups is 2. The second kappa shape index (κ2) is 5.62. The van der Waals surface area contributed by atoms with Crippen molar-refractivity contribution >= 4 is 11.8 Å². The Morgan fingerprint density at radius 1 is 1.00 bits per heavy atom. The van der Waals surface area contributed by atoms with Gasteiger partial charge in [-0.2, -0.15) is 0 Å². The summed E-state index contributed by atoms with van der Waals surface area (Å²) in [5, 5.41) is 0. The van der Waals surface area contributed by atoms with Gasteiger partial charge in [0.15, 0.2) is 0 Å². The number of nitrogens with zero attached hydrogens (tertiary/aromatic N) is 1. The molecule has 4 aliphatic rings. The normalized spacial score (nSPS) is 34.2. The maximum atomic E-state index is 12.3. The van der Waals surface area contributed by atoms with Crippen LogP contribution >= 0.6 is 0 Å². The van der Waals surface area contributed by atoms with Crippen molar-refractivity contribution in [1.29, 1.82) is 0 Å². The molecule has 23 heavy (non-hydrogen) atoms. The van der Waals surface area contributed by atoms with E-state index in [4.69, 9.17) is 0 Å². The first-order valence-corrected chi connectivity index (χ1v) is 8.61. The molecule has 1 aromatic heterocycles. The second-order valence-corrected chi connectivity index (χ2v) is 7.83. The maximum Gasteiger partial charge on any atom is 0.269 e. The molecule has 0 aliphatic heterocycles. The van der Waals surface area contributed by atoms with Crippen molar-refractivity contribution in [1.82, 2.24) is 15.8 Å². The number of nitrogens with one attached hydrogen (secondary N) is 2. The van der Waals surface area contributed by atoms with E-state index in [1.54, 1.807) is 24.5 Å². The summed E-state index contributed by atoms with van der Waals surface area (Å²) < 4.78 is 0. The van der Waals surface area contributed by atoms with Gasteiger partial charge in [-0.05, 0) is 73.8 Å². The Balaban J connectivity index is 1.33. The standard InChI is InChI=1S/C18H23N3O2/c22-16(20-21-17(23)15-1-3-19-4-2-15)11-18-8-12-5-13(9-18)7-14(6-12)10-18/h1-4,12-14H,5-11H2,(H,20,22)(H,21,23). The van der Waals surface area contributed by atoms with E-state index in [1.165, 1.54) is 38.5 Å². The van der Waals surface area contributed by atoms with Gasteiger partial charge in [-0.3, -0.25) is 25.4 Å². The molecule has 0 spiro atoms. The third-order valence-corrected chi connectivity index (χ3v) is 5.96. The molecule has 2 N–H and O–H groups in total. The zero-order valence-electron chi connectivity index (χ0n) is 13.3. The lowest BCUT2D eigenvalue weighted by molar-refractivity contribution is -0.130. The predicted octanol–water partition coefficient (Wildman–Crippen LogP) is 2.45. The van der Waals surface area contributed by atoms with Crippen LogP contribution in [0.4, 0.5) is 0 Å². The summed E-state index contributed by atoms with van der Waals surface area (Å²) in [4.78, 5) is 28.2. The Morgan fingerprint density at radius 2 is 1.57 bits per heavy atom. The molecular weight excluding hydrogens is 290 g/mol. The molecule has 0 atom stereocenters. The molecular formula is C18H23N3O2. The molecule has 5 nitrogen and oxygen atoms in total. The molecule has 0 unspecified atom stereocenters. The fraction of sp³-hybridized carbons (Fsp3) is 0.611. The number of rotatable bonds is 3. The number of amides is 2. The first-order valence-electron chi connectivity index (χ1n) is 8.61. The van der Waals surface area contributed by atoms with Crippen molar-refractivity contribution in [2.24, 2.45) is 23.2 Å². The lowest BCUT2D eigenvalue weighted by Crippen LogP contribution is -2.50. The average molecular weight is 313 g/mol. The fourth-order valence-corrected chi connectivity index (χ4v) is 5.59. The molecule has 2 amide bonds. The zero-order chi connectivity index (χ0) is 15.9. The van der Waals surface area contributed by atoms with E-state index in [-0.39, 0.29) is 17.2 Å². The summed E-state index contributed by atoms with van der Waals surface area (Å²) in [7, 11) is 0. The predicted molar refractivity (Wildman–Crippen MR) is 85.1 cm³/mol. The van der Waals surface area contributed by atoms with Gasteiger partial charge in [-0.15, -0.1) is 0 Å². The molecule has 1 aromatic rings. The minimum atomic E-state index is -0.300. The summed E-state index contributed by atoms with van der Waals surface area (Å²) in [5.74, 6) is 2.14. The Kier molecular flexibility index (Phi) is 3.58. The zero-order valence-corrected chi connectivity index (χ0v) is 13.3. The molecule has 4 aliphatic carbocycles. The van der Waals surface area contributed by atoms with Gasteiger partial charge < -0.3 is 0 Å². The topological polar surface area (TPSA) is 71.1 Å². The van der Waals surface area contributed by atoms with E-state index in [0.29, 0.717) is 12.0 Å². The maximum absolute atomic E-state index is 12.3. The third kappa shape index (κ3) is 2.96. The minimum absolute atomic E-state index is 0.0608. The molecule has 5 rings (SSSR count). The summed E-state index contributed by atoms with van der Waals surface area (Å²) in [5.41, 5.74) is 5.80. The van der Waals surface area contributed by atoms with Crippen LogP contribution in [-0.2, 0) is 4.79 Å². The summed E-state index contributed by atoms with van der Waals surface area (Å²) >= 11 is 0. The van der Waals surface area contributed by atoms with Crippen LogP contribution in [0.1, 0.15) is 55.3 Å². The van der Waals surface area contributed by atoms with Gasteiger partial charge in [0, 0.05) is 24.4 Å². The molecule has 1 heterocycles. The average Bonchev–Trinajstić information content (AvgIpc) is 2.51. The van der Waals surface area contributed by atoms with Crippen LogP contribution in [0.5, 0.6) is 0 Å². The minimum Gasteiger partial charge on any atom is -0.273 e. The van der Waals surface area contributed by atoms with Crippen molar-refractivity contribution in [3.63, 3.8) is 0 Å². The van der Waals surface area contributed by atoms with Gasteiger partial charge in [-0.25, -0.2) is 0 Å². The first-order chi connectivity index (χ1) is 11.1. The van der Waals surface area contributed by atoms with Gasteiger partial charge in [-0.1, -0.05) is 0 Å². The van der Waals surface area contributed by atoms with Crippen molar-refractivity contribution < 1.29 is 9.59 Å². The monoisotopic (exact) mass is 313 g/mol. The molecule has 0 aromatic carbocycles. The van der Waals surface area contributed by atoms with Crippen LogP contribution in [-0.4, -0.2) is 16.8 Å². The molecule has 0 saturated heterocycles. The molecule has 4 bridgehead atoms.